The minimum atomic E-state index is 0.434. The van der Waals surface area contributed by atoms with Gasteiger partial charge >= 0.3 is 0 Å². The first-order valence-corrected chi connectivity index (χ1v) is 4.87. The number of hydrogen-bond donors (Lipinski definition) is 0. The Morgan fingerprint density at radius 3 is 3.00 bits per heavy atom. The average Bonchev–Trinajstić information content (AvgIpc) is 2.46. The van der Waals surface area contributed by atoms with Gasteiger partial charge in [-0.2, -0.15) is 4.98 Å². The van der Waals surface area contributed by atoms with E-state index in [1.807, 2.05) is 6.26 Å². The zero-order valence-corrected chi connectivity index (χ0v) is 7.82. The summed E-state index contributed by atoms with van der Waals surface area (Å²) in [6.45, 7) is 0. The van der Waals surface area contributed by atoms with Crippen LogP contribution in [0.25, 0.3) is 11.2 Å². The minimum Gasteiger partial charge on any atom is -0.430 e. The summed E-state index contributed by atoms with van der Waals surface area (Å²) in [6, 6.07) is 3.44. The number of halogens is 1. The fourth-order valence-corrected chi connectivity index (χ4v) is 1.36. The van der Waals surface area contributed by atoms with Crippen molar-refractivity contribution in [2.24, 2.45) is 0 Å². The van der Waals surface area contributed by atoms with E-state index >= 15 is 0 Å². The maximum atomic E-state index is 5.67. The number of pyridine rings is 1. The van der Waals surface area contributed by atoms with Crippen molar-refractivity contribution in [2.45, 2.75) is 5.22 Å². The van der Waals surface area contributed by atoms with Gasteiger partial charge < -0.3 is 4.42 Å². The molecular weight excluding hydrogens is 196 g/mol. The molecule has 0 radical (unpaired) electrons. The molecule has 0 bridgehead atoms. The van der Waals surface area contributed by atoms with Crippen LogP contribution < -0.4 is 0 Å². The van der Waals surface area contributed by atoms with E-state index in [4.69, 9.17) is 16.0 Å². The lowest BCUT2D eigenvalue weighted by atomic mass is 10.5. The summed E-state index contributed by atoms with van der Waals surface area (Å²) in [5.41, 5.74) is 1.23. The lowest BCUT2D eigenvalue weighted by Gasteiger charge is -1.84. The van der Waals surface area contributed by atoms with Gasteiger partial charge in [0.25, 0.3) is 5.22 Å². The van der Waals surface area contributed by atoms with E-state index < -0.39 is 0 Å². The first-order chi connectivity index (χ1) is 5.79. The first kappa shape index (κ1) is 7.89. The molecule has 0 saturated carbocycles. The number of nitrogens with zero attached hydrogens (tertiary/aromatic N) is 2. The summed E-state index contributed by atoms with van der Waals surface area (Å²) in [6.07, 6.45) is 1.90. The summed E-state index contributed by atoms with van der Waals surface area (Å²) in [4.78, 5) is 8.08. The van der Waals surface area contributed by atoms with E-state index in [1.54, 1.807) is 12.1 Å². The van der Waals surface area contributed by atoms with E-state index in [-0.39, 0.29) is 0 Å². The quantitative estimate of drug-likeness (QED) is 0.524. The third kappa shape index (κ3) is 1.28. The van der Waals surface area contributed by atoms with Gasteiger partial charge in [0.15, 0.2) is 5.58 Å². The molecule has 0 aliphatic heterocycles. The van der Waals surface area contributed by atoms with Crippen molar-refractivity contribution >= 4 is 34.6 Å². The fourth-order valence-electron chi connectivity index (χ4n) is 0.863. The number of hydrogen-bond acceptors (Lipinski definition) is 4. The molecule has 2 aromatic rings. The maximum absolute atomic E-state index is 5.67. The summed E-state index contributed by atoms with van der Waals surface area (Å²) in [5, 5.41) is 1.04. The summed E-state index contributed by atoms with van der Waals surface area (Å²) in [7, 11) is 0. The van der Waals surface area contributed by atoms with E-state index in [2.05, 4.69) is 9.97 Å². The molecule has 2 aromatic heterocycles. The summed E-state index contributed by atoms with van der Waals surface area (Å²) >= 11 is 7.11. The Labute approximate surface area is 78.1 Å². The number of aromatic nitrogens is 2. The number of oxazole rings is 1. The van der Waals surface area contributed by atoms with Crippen molar-refractivity contribution < 1.29 is 4.42 Å². The third-order valence-corrected chi connectivity index (χ3v) is 2.11. The van der Waals surface area contributed by atoms with Crippen LogP contribution in [-0.2, 0) is 0 Å². The Morgan fingerprint density at radius 2 is 2.25 bits per heavy atom. The second kappa shape index (κ2) is 2.95. The van der Waals surface area contributed by atoms with Crippen LogP contribution in [0.4, 0.5) is 0 Å². The highest BCUT2D eigenvalue weighted by Crippen LogP contribution is 2.21. The van der Waals surface area contributed by atoms with Crippen molar-refractivity contribution in [1.82, 2.24) is 9.97 Å². The van der Waals surface area contributed by atoms with Crippen LogP contribution in [0.5, 0.6) is 0 Å². The zero-order valence-electron chi connectivity index (χ0n) is 6.24. The van der Waals surface area contributed by atoms with Crippen molar-refractivity contribution in [1.29, 1.82) is 0 Å². The first-order valence-electron chi connectivity index (χ1n) is 3.26. The molecule has 2 rings (SSSR count). The molecule has 0 aliphatic rings. The second-order valence-electron chi connectivity index (χ2n) is 2.14. The van der Waals surface area contributed by atoms with Crippen LogP contribution in [0.3, 0.4) is 0 Å². The third-order valence-electron chi connectivity index (χ3n) is 1.37. The van der Waals surface area contributed by atoms with Crippen molar-refractivity contribution in [3.8, 4) is 0 Å². The smallest absolute Gasteiger partial charge is 0.258 e. The Kier molecular flexibility index (Phi) is 1.94. The largest absolute Gasteiger partial charge is 0.430 e. The van der Waals surface area contributed by atoms with Crippen LogP contribution >= 0.6 is 23.4 Å². The van der Waals surface area contributed by atoms with Crippen LogP contribution in [0.1, 0.15) is 0 Å². The van der Waals surface area contributed by atoms with Gasteiger partial charge in [-0.1, -0.05) is 23.4 Å². The fraction of sp³-hybridized carbons (Fsp3) is 0.143. The minimum absolute atomic E-state index is 0.434. The highest BCUT2D eigenvalue weighted by atomic mass is 35.5. The summed E-state index contributed by atoms with van der Waals surface area (Å²) < 4.78 is 5.30. The van der Waals surface area contributed by atoms with Crippen LogP contribution in [0.15, 0.2) is 21.8 Å². The molecule has 12 heavy (non-hydrogen) atoms. The van der Waals surface area contributed by atoms with Gasteiger partial charge in [0.05, 0.1) is 0 Å². The molecule has 0 aliphatic carbocycles. The Bertz CT molecular complexity index is 415. The van der Waals surface area contributed by atoms with Gasteiger partial charge in [-0.25, -0.2) is 4.98 Å². The van der Waals surface area contributed by atoms with Crippen LogP contribution in [0.2, 0.25) is 5.15 Å². The van der Waals surface area contributed by atoms with Gasteiger partial charge in [0.1, 0.15) is 5.15 Å². The van der Waals surface area contributed by atoms with Gasteiger partial charge in [-0.05, 0) is 18.4 Å². The molecule has 62 valence electrons. The molecule has 0 fully saturated rings. The molecule has 0 N–H and O–H groups in total. The van der Waals surface area contributed by atoms with Gasteiger partial charge in [0, 0.05) is 0 Å². The predicted molar refractivity (Wildman–Crippen MR) is 48.6 cm³/mol. The molecule has 2 heterocycles. The Balaban J connectivity index is 2.67. The van der Waals surface area contributed by atoms with E-state index in [9.17, 15) is 0 Å². The molecule has 3 nitrogen and oxygen atoms in total. The monoisotopic (exact) mass is 200 g/mol. The molecule has 0 saturated heterocycles. The van der Waals surface area contributed by atoms with Crippen LogP contribution in [-0.4, -0.2) is 16.2 Å². The maximum Gasteiger partial charge on any atom is 0.258 e. The second-order valence-corrected chi connectivity index (χ2v) is 3.28. The Morgan fingerprint density at radius 1 is 1.42 bits per heavy atom. The lowest BCUT2D eigenvalue weighted by Crippen LogP contribution is -1.75. The lowest BCUT2D eigenvalue weighted by molar-refractivity contribution is 0.490. The molecule has 0 aromatic carbocycles. The highest BCUT2D eigenvalue weighted by molar-refractivity contribution is 7.98. The number of fused-ring (bicyclic) bond motifs is 1. The van der Waals surface area contributed by atoms with Crippen LogP contribution in [0, 0.1) is 0 Å². The molecule has 0 unspecified atom stereocenters. The standard InChI is InChI=1S/C7H5ClN2OS/c1-12-7-10-6-4(11-7)2-3-5(8)9-6/h2-3H,1H3. The van der Waals surface area contributed by atoms with E-state index in [0.717, 1.165) is 0 Å². The summed E-state index contributed by atoms with van der Waals surface area (Å²) in [5.74, 6) is 0. The van der Waals surface area contributed by atoms with Crippen molar-refractivity contribution in [3.63, 3.8) is 0 Å². The van der Waals surface area contributed by atoms with Gasteiger partial charge in [-0.3, -0.25) is 0 Å². The zero-order chi connectivity index (χ0) is 8.55. The van der Waals surface area contributed by atoms with E-state index in [1.165, 1.54) is 11.8 Å². The Hall–Kier alpha value is -0.740. The normalized spacial score (nSPS) is 10.8. The number of rotatable bonds is 1. The van der Waals surface area contributed by atoms with Crippen molar-refractivity contribution in [3.05, 3.63) is 17.3 Å². The van der Waals surface area contributed by atoms with Gasteiger partial charge in [0.2, 0.25) is 5.65 Å². The molecule has 0 spiro atoms. The van der Waals surface area contributed by atoms with E-state index in [0.29, 0.717) is 21.6 Å². The topological polar surface area (TPSA) is 38.9 Å². The van der Waals surface area contributed by atoms with Gasteiger partial charge in [-0.15, -0.1) is 0 Å². The average molecular weight is 201 g/mol. The highest BCUT2D eigenvalue weighted by Gasteiger charge is 2.05. The molecule has 5 heteroatoms. The number of thioether (sulfide) groups is 1. The molecule has 0 atom stereocenters. The van der Waals surface area contributed by atoms with Crippen molar-refractivity contribution in [2.75, 3.05) is 6.26 Å². The predicted octanol–water partition coefficient (Wildman–Crippen LogP) is 2.60. The molecular formula is C7H5ClN2OS. The molecule has 0 amide bonds. The SMILES string of the molecule is CSc1nc2nc(Cl)ccc2o1.